The largest absolute Gasteiger partial charge is 0.349 e. The molecule has 7 heteroatoms. The van der Waals surface area contributed by atoms with Crippen molar-refractivity contribution in [1.29, 1.82) is 0 Å². The number of ether oxygens (including phenoxy) is 2. The third kappa shape index (κ3) is 5.99. The maximum Gasteiger partial charge on any atom is 0.329 e. The summed E-state index contributed by atoms with van der Waals surface area (Å²) >= 11 is 0. The summed E-state index contributed by atoms with van der Waals surface area (Å²) in [5, 5.41) is 5.45. The number of likely N-dealkylation sites (N-methyl/N-ethyl adjacent to an activating group) is 1. The summed E-state index contributed by atoms with van der Waals surface area (Å²) in [5.41, 5.74) is 3.94. The molecule has 12 atom stereocenters. The van der Waals surface area contributed by atoms with Crippen molar-refractivity contribution in [3.8, 4) is 0 Å². The molecule has 3 heterocycles. The Morgan fingerprint density at radius 2 is 1.59 bits per heavy atom. The normalized spacial score (nSPS) is 48.9. The van der Waals surface area contributed by atoms with Crippen molar-refractivity contribution >= 4 is 6.03 Å². The third-order valence-corrected chi connectivity index (χ3v) is 14.0. The molecule has 44 heavy (non-hydrogen) atoms. The quantitative estimate of drug-likeness (QED) is 0.337. The van der Waals surface area contributed by atoms with Crippen LogP contribution in [-0.4, -0.2) is 73.7 Å². The Morgan fingerprint density at radius 1 is 0.886 bits per heavy atom. The lowest BCUT2D eigenvalue weighted by molar-refractivity contribution is -0.273. The van der Waals surface area contributed by atoms with Crippen molar-refractivity contribution in [1.82, 2.24) is 20.7 Å². The Labute approximate surface area is 272 Å². The van der Waals surface area contributed by atoms with Crippen molar-refractivity contribution in [2.24, 2.45) is 58.2 Å². The van der Waals surface area contributed by atoms with Crippen molar-refractivity contribution in [3.05, 3.63) is 0 Å². The predicted octanol–water partition coefficient (Wildman–Crippen LogP) is 7.42. The van der Waals surface area contributed by atoms with Crippen LogP contribution in [0, 0.1) is 58.2 Å². The molecule has 0 aromatic heterocycles. The Morgan fingerprint density at radius 3 is 2.27 bits per heavy atom. The van der Waals surface area contributed by atoms with Gasteiger partial charge in [-0.2, -0.15) is 0 Å². The van der Waals surface area contributed by atoms with E-state index in [4.69, 9.17) is 9.47 Å². The van der Waals surface area contributed by atoms with E-state index in [-0.39, 0.29) is 14.7 Å². The number of amides is 2. The molecule has 2 amide bonds. The van der Waals surface area contributed by atoms with Crippen LogP contribution in [0.3, 0.4) is 0 Å². The fourth-order valence-corrected chi connectivity index (χ4v) is 11.7. The highest BCUT2D eigenvalue weighted by molar-refractivity contribution is 5.73. The van der Waals surface area contributed by atoms with Gasteiger partial charge < -0.3 is 19.7 Å². The van der Waals surface area contributed by atoms with Crippen LogP contribution >= 0.6 is 0 Å². The van der Waals surface area contributed by atoms with Crippen LogP contribution in [-0.2, 0) is 9.47 Å². The molecule has 2 N–H and O–H groups in total. The number of hydrogen-bond acceptors (Lipinski definition) is 5. The lowest BCUT2D eigenvalue weighted by Gasteiger charge is -2.61. The molecule has 0 bridgehead atoms. The third-order valence-electron chi connectivity index (χ3n) is 14.0. The first-order valence-electron chi connectivity index (χ1n) is 18.7. The van der Waals surface area contributed by atoms with Crippen molar-refractivity contribution in [2.45, 2.75) is 131 Å². The zero-order chi connectivity index (χ0) is 31.4. The van der Waals surface area contributed by atoms with E-state index < -0.39 is 0 Å². The SMILES string of the molecule is CC(C)C.C[C@H]1CC[C@@]2(OC1)O[C@H]1CC3[C@@H]4CC[C@@H]5C[C@@H](NC(=O)NN6CCN(C)CC6)CC[C@]5(C)[C@H]4CC[C@]3(C)[C@H]1[C@@H]2C.[HH].[HH]. The van der Waals surface area contributed by atoms with Gasteiger partial charge in [-0.15, -0.1) is 0 Å². The van der Waals surface area contributed by atoms with Crippen molar-refractivity contribution in [2.75, 3.05) is 39.8 Å². The molecular weight excluding hydrogens is 548 g/mol. The number of fused-ring (bicyclic) bond motifs is 7. The Hall–Kier alpha value is -0.890. The summed E-state index contributed by atoms with van der Waals surface area (Å²) in [6, 6.07) is 0.312. The molecule has 7 aliphatic rings. The number of hydrogen-bond donors (Lipinski definition) is 2. The highest BCUT2D eigenvalue weighted by Gasteiger charge is 2.69. The summed E-state index contributed by atoms with van der Waals surface area (Å²) < 4.78 is 13.5. The van der Waals surface area contributed by atoms with Crippen LogP contribution in [0.4, 0.5) is 4.79 Å². The second-order valence-corrected chi connectivity index (χ2v) is 17.8. The molecule has 4 aliphatic carbocycles. The number of rotatable bonds is 2. The lowest BCUT2D eigenvalue weighted by atomic mass is 9.44. The molecule has 7 rings (SSSR count). The number of piperazine rings is 1. The van der Waals surface area contributed by atoms with Gasteiger partial charge in [-0.25, -0.2) is 9.80 Å². The van der Waals surface area contributed by atoms with E-state index in [0.29, 0.717) is 40.7 Å². The van der Waals surface area contributed by atoms with Gasteiger partial charge in [-0.05, 0) is 117 Å². The highest BCUT2D eigenvalue weighted by Crippen LogP contribution is 2.71. The molecule has 7 fully saturated rings. The molecule has 0 radical (unpaired) electrons. The number of carbonyl (C=O) groups is 1. The summed E-state index contributed by atoms with van der Waals surface area (Å²) in [5.74, 6) is 5.54. The van der Waals surface area contributed by atoms with Gasteiger partial charge in [0.15, 0.2) is 5.79 Å². The van der Waals surface area contributed by atoms with Crippen molar-refractivity contribution in [3.63, 3.8) is 0 Å². The summed E-state index contributed by atoms with van der Waals surface area (Å²) in [4.78, 5) is 15.2. The molecule has 3 aliphatic heterocycles. The van der Waals surface area contributed by atoms with E-state index in [0.717, 1.165) is 81.6 Å². The standard InChI is InChI=1S/C33H56N4O3.C4H10.2H2/c1-21-8-13-33(39-20-21)22(2)29-28(40-33)19-27-25-7-6-23-18-24(34-30(38)35-37-16-14-36(5)15-17-37)9-11-31(23,3)26(25)10-12-32(27,29)4;1-4(2)3;;/h21-29H,6-20H2,1-5H3,(H2,34,35,38);4H,1-3H3;2*1H/t21-,22-,23+,24-,25+,26-,27?,28-,29-,31-,32-,33+;;;/m0.../s1. The van der Waals surface area contributed by atoms with Crippen LogP contribution < -0.4 is 10.7 Å². The molecule has 3 saturated heterocycles. The van der Waals surface area contributed by atoms with Gasteiger partial charge in [0.1, 0.15) is 0 Å². The first-order chi connectivity index (χ1) is 20.8. The number of nitrogens with zero attached hydrogens (tertiary/aromatic N) is 2. The predicted molar refractivity (Wildman–Crippen MR) is 181 cm³/mol. The van der Waals surface area contributed by atoms with E-state index in [1.54, 1.807) is 0 Å². The number of hydrazine groups is 1. The van der Waals surface area contributed by atoms with Crippen LogP contribution in [0.1, 0.15) is 116 Å². The van der Waals surface area contributed by atoms with E-state index in [1.165, 1.54) is 44.9 Å². The Bertz CT molecular complexity index is 1020. The first-order valence-corrected chi connectivity index (χ1v) is 18.7. The lowest BCUT2D eigenvalue weighted by Crippen LogP contribution is -2.58. The second kappa shape index (κ2) is 12.6. The van der Waals surface area contributed by atoms with Crippen LogP contribution in [0.2, 0.25) is 0 Å². The van der Waals surface area contributed by atoms with Crippen LogP contribution in [0.15, 0.2) is 0 Å². The number of urea groups is 1. The van der Waals surface area contributed by atoms with Gasteiger partial charge in [0.25, 0.3) is 0 Å². The van der Waals surface area contributed by atoms with Crippen molar-refractivity contribution < 1.29 is 17.1 Å². The summed E-state index contributed by atoms with van der Waals surface area (Å²) in [6.07, 6.45) is 12.9. The minimum atomic E-state index is -0.307. The Kier molecular flexibility index (Phi) is 9.47. The fourth-order valence-electron chi connectivity index (χ4n) is 11.7. The van der Waals surface area contributed by atoms with Gasteiger partial charge in [-0.1, -0.05) is 48.5 Å². The Balaban J connectivity index is 0.000000758. The highest BCUT2D eigenvalue weighted by atomic mass is 16.7. The maximum absolute atomic E-state index is 12.8. The number of carbonyl (C=O) groups excluding carboxylic acids is 1. The second-order valence-electron chi connectivity index (χ2n) is 17.8. The molecule has 0 aromatic rings. The van der Waals surface area contributed by atoms with Gasteiger partial charge >= 0.3 is 6.03 Å². The first kappa shape index (κ1) is 33.0. The van der Waals surface area contributed by atoms with Gasteiger partial charge in [0.2, 0.25) is 0 Å². The van der Waals surface area contributed by atoms with Crippen LogP contribution in [0.25, 0.3) is 0 Å². The molecule has 1 unspecified atom stereocenters. The molecule has 1 spiro atoms. The maximum atomic E-state index is 12.8. The van der Waals surface area contributed by atoms with E-state index in [1.807, 2.05) is 0 Å². The summed E-state index contributed by atoms with van der Waals surface area (Å²) in [6.45, 7) is 21.2. The fraction of sp³-hybridized carbons (Fsp3) is 0.973. The molecule has 0 aromatic carbocycles. The summed E-state index contributed by atoms with van der Waals surface area (Å²) in [7, 11) is 2.15. The smallest absolute Gasteiger partial charge is 0.329 e. The number of nitrogens with one attached hydrogen (secondary N) is 2. The molecule has 4 saturated carbocycles. The van der Waals surface area contributed by atoms with E-state index in [9.17, 15) is 4.79 Å². The van der Waals surface area contributed by atoms with E-state index in [2.05, 4.69) is 76.2 Å². The zero-order valence-electron chi connectivity index (χ0n) is 29.5. The minimum absolute atomic E-state index is 0. The van der Waals surface area contributed by atoms with Gasteiger partial charge in [0, 0.05) is 47.4 Å². The molecular formula is C37H70N4O3. The van der Waals surface area contributed by atoms with Gasteiger partial charge in [0.05, 0.1) is 12.7 Å². The zero-order valence-corrected chi connectivity index (χ0v) is 29.5. The average molecular weight is 619 g/mol. The van der Waals surface area contributed by atoms with Gasteiger partial charge in [-0.3, -0.25) is 5.43 Å². The van der Waals surface area contributed by atoms with E-state index >= 15 is 0 Å². The topological polar surface area (TPSA) is 66.1 Å². The monoisotopic (exact) mass is 619 g/mol. The van der Waals surface area contributed by atoms with Crippen LogP contribution in [0.5, 0.6) is 0 Å². The molecule has 7 nitrogen and oxygen atoms in total. The molecule has 256 valence electrons. The average Bonchev–Trinajstić information content (AvgIpc) is 3.41. The minimum Gasteiger partial charge on any atom is -0.349 e.